The Balaban J connectivity index is 1.97. The molecule has 8 heteroatoms. The molecule has 0 spiro atoms. The molecule has 5 nitrogen and oxygen atoms in total. The summed E-state index contributed by atoms with van der Waals surface area (Å²) in [6, 6.07) is 13.6. The lowest BCUT2D eigenvalue weighted by Crippen LogP contribution is -2.11. The molecule has 0 saturated heterocycles. The van der Waals surface area contributed by atoms with Crippen LogP contribution in [-0.4, -0.2) is 18.4 Å². The molecule has 0 atom stereocenters. The molecule has 0 aliphatic carbocycles. The van der Waals surface area contributed by atoms with E-state index in [2.05, 4.69) is 25.9 Å². The smallest absolute Gasteiger partial charge is 0.339 e. The van der Waals surface area contributed by atoms with Gasteiger partial charge in [-0.25, -0.2) is 4.98 Å². The first kappa shape index (κ1) is 18.1. The third-order valence-corrected chi connectivity index (χ3v) is 7.06. The van der Waals surface area contributed by atoms with Gasteiger partial charge in [0.25, 0.3) is 0 Å². The van der Waals surface area contributed by atoms with E-state index in [1.165, 1.54) is 17.4 Å². The molecule has 0 fully saturated rings. The van der Waals surface area contributed by atoms with Crippen molar-refractivity contribution in [2.45, 2.75) is 11.8 Å². The van der Waals surface area contributed by atoms with E-state index >= 15 is 0 Å². The van der Waals surface area contributed by atoms with Gasteiger partial charge < -0.3 is 4.18 Å². The zero-order valence-electron chi connectivity index (χ0n) is 14.1. The van der Waals surface area contributed by atoms with Crippen molar-refractivity contribution in [3.05, 3.63) is 70.3 Å². The molecule has 2 aromatic heterocycles. The van der Waals surface area contributed by atoms with E-state index in [9.17, 15) is 8.42 Å². The van der Waals surface area contributed by atoms with Crippen LogP contribution >= 0.6 is 27.3 Å². The van der Waals surface area contributed by atoms with Gasteiger partial charge in [0, 0.05) is 16.1 Å². The number of benzene rings is 2. The van der Waals surface area contributed by atoms with E-state index in [1.54, 1.807) is 48.1 Å². The molecule has 0 bridgehead atoms. The summed E-state index contributed by atoms with van der Waals surface area (Å²) >= 11 is 4.93. The van der Waals surface area contributed by atoms with Crippen molar-refractivity contribution >= 4 is 48.3 Å². The van der Waals surface area contributed by atoms with Gasteiger partial charge in [-0.2, -0.15) is 8.42 Å². The van der Waals surface area contributed by atoms with Gasteiger partial charge in [-0.3, -0.25) is 4.98 Å². The Morgan fingerprint density at radius 1 is 1.11 bits per heavy atom. The highest BCUT2D eigenvalue weighted by Crippen LogP contribution is 2.35. The summed E-state index contributed by atoms with van der Waals surface area (Å²) in [6.07, 6.45) is 1.66. The molecule has 0 saturated carbocycles. The highest BCUT2D eigenvalue weighted by atomic mass is 79.9. The summed E-state index contributed by atoms with van der Waals surface area (Å²) in [5, 5.41) is 0.497. The molecule has 4 aromatic rings. The van der Waals surface area contributed by atoms with E-state index in [0.29, 0.717) is 16.6 Å². The number of pyridine rings is 1. The minimum atomic E-state index is -4.06. The summed E-state index contributed by atoms with van der Waals surface area (Å²) in [5.41, 5.74) is 3.74. The molecule has 0 aliphatic heterocycles. The number of aromatic nitrogens is 2. The van der Waals surface area contributed by atoms with Crippen LogP contribution in [0.4, 0.5) is 0 Å². The van der Waals surface area contributed by atoms with Crippen molar-refractivity contribution in [2.24, 2.45) is 0 Å². The van der Waals surface area contributed by atoms with Crippen molar-refractivity contribution in [3.8, 4) is 16.3 Å². The summed E-state index contributed by atoms with van der Waals surface area (Å²) < 4.78 is 32.2. The zero-order valence-corrected chi connectivity index (χ0v) is 17.3. The maximum absolute atomic E-state index is 13.1. The highest BCUT2D eigenvalue weighted by molar-refractivity contribution is 9.10. The Bertz CT molecular complexity index is 1230. The predicted molar refractivity (Wildman–Crippen MR) is 110 cm³/mol. The molecular formula is C19H13BrN2O3S2. The fraction of sp³-hybridized carbons (Fsp3) is 0.0526. The maximum Gasteiger partial charge on any atom is 0.339 e. The molecule has 0 unspecified atom stereocenters. The third-order valence-electron chi connectivity index (χ3n) is 3.98. The lowest BCUT2D eigenvalue weighted by atomic mass is 10.1. The highest BCUT2D eigenvalue weighted by Gasteiger charge is 2.23. The summed E-state index contributed by atoms with van der Waals surface area (Å²) in [6.45, 7) is 1.93. The second kappa shape index (κ2) is 7.03. The Hall–Kier alpha value is -2.29. The molecule has 0 N–H and O–H groups in total. The predicted octanol–water partition coefficient (Wildman–Crippen LogP) is 5.20. The first-order valence-corrected chi connectivity index (χ1v) is 11.0. The van der Waals surface area contributed by atoms with E-state index in [0.717, 1.165) is 14.9 Å². The molecule has 0 radical (unpaired) electrons. The van der Waals surface area contributed by atoms with E-state index < -0.39 is 10.1 Å². The van der Waals surface area contributed by atoms with Gasteiger partial charge in [0.05, 0.1) is 21.6 Å². The number of hydrogen-bond donors (Lipinski definition) is 0. The van der Waals surface area contributed by atoms with Gasteiger partial charge in [-0.15, -0.1) is 11.3 Å². The molecule has 136 valence electrons. The van der Waals surface area contributed by atoms with Crippen molar-refractivity contribution in [3.63, 3.8) is 0 Å². The normalized spacial score (nSPS) is 11.6. The largest absolute Gasteiger partial charge is 0.379 e. The van der Waals surface area contributed by atoms with Gasteiger partial charge >= 0.3 is 10.1 Å². The Morgan fingerprint density at radius 2 is 1.89 bits per heavy atom. The second-order valence-electron chi connectivity index (χ2n) is 5.81. The van der Waals surface area contributed by atoms with Gasteiger partial charge in [0.15, 0.2) is 0 Å². The van der Waals surface area contributed by atoms with Gasteiger partial charge in [-0.05, 0) is 46.6 Å². The van der Waals surface area contributed by atoms with Crippen LogP contribution in [-0.2, 0) is 10.1 Å². The SMILES string of the molecule is Cc1ccc2c(S(=O)(=O)Oc3ccccc3)cc(-c3cncs3)nc2c1Br. The van der Waals surface area contributed by atoms with Crippen molar-refractivity contribution in [2.75, 3.05) is 0 Å². The van der Waals surface area contributed by atoms with Gasteiger partial charge in [-0.1, -0.05) is 30.3 Å². The quantitative estimate of drug-likeness (QED) is 0.391. The van der Waals surface area contributed by atoms with Crippen LogP contribution in [0.3, 0.4) is 0 Å². The minimum Gasteiger partial charge on any atom is -0.379 e. The summed E-state index contributed by atoms with van der Waals surface area (Å²) in [5.74, 6) is 0.257. The number of fused-ring (bicyclic) bond motifs is 1. The maximum atomic E-state index is 13.1. The average molecular weight is 461 g/mol. The number of halogens is 1. The standard InChI is InChI=1S/C19H13BrN2O3S2/c1-12-7-8-14-17(27(23,24)25-13-5-3-2-4-6-13)9-15(16-10-21-11-26-16)22-19(14)18(12)20/h2-11H,1H3. The lowest BCUT2D eigenvalue weighted by molar-refractivity contribution is 0.487. The molecule has 27 heavy (non-hydrogen) atoms. The fourth-order valence-corrected chi connectivity index (χ4v) is 4.81. The Labute approximate surface area is 168 Å². The van der Waals surface area contributed by atoms with E-state index in [-0.39, 0.29) is 10.6 Å². The van der Waals surface area contributed by atoms with Gasteiger partial charge in [0.1, 0.15) is 10.6 Å². The first-order chi connectivity index (χ1) is 13.0. The number of thiazole rings is 1. The van der Waals surface area contributed by atoms with Crippen LogP contribution in [0.25, 0.3) is 21.5 Å². The minimum absolute atomic E-state index is 0.0699. The van der Waals surface area contributed by atoms with E-state index in [4.69, 9.17) is 4.18 Å². The van der Waals surface area contributed by atoms with Crippen molar-refractivity contribution < 1.29 is 12.6 Å². The molecular weight excluding hydrogens is 448 g/mol. The molecule has 4 rings (SSSR count). The van der Waals surface area contributed by atoms with Crippen LogP contribution in [0.5, 0.6) is 5.75 Å². The first-order valence-electron chi connectivity index (χ1n) is 7.94. The van der Waals surface area contributed by atoms with Crippen LogP contribution in [0.15, 0.2) is 69.6 Å². The molecule has 0 aliphatic rings. The average Bonchev–Trinajstić information content (AvgIpc) is 3.19. The molecule has 2 aromatic carbocycles. The monoisotopic (exact) mass is 460 g/mol. The molecule has 2 heterocycles. The summed E-state index contributed by atoms with van der Waals surface area (Å²) in [7, 11) is -4.06. The number of para-hydroxylation sites is 1. The third kappa shape index (κ3) is 3.47. The Morgan fingerprint density at radius 3 is 2.59 bits per heavy atom. The zero-order chi connectivity index (χ0) is 19.0. The van der Waals surface area contributed by atoms with Crippen LogP contribution in [0.1, 0.15) is 5.56 Å². The van der Waals surface area contributed by atoms with Crippen molar-refractivity contribution in [1.29, 1.82) is 0 Å². The Kier molecular flexibility index (Phi) is 4.71. The number of aryl methyl sites for hydroxylation is 1. The topological polar surface area (TPSA) is 69.2 Å². The van der Waals surface area contributed by atoms with Crippen LogP contribution in [0, 0.1) is 6.92 Å². The van der Waals surface area contributed by atoms with E-state index in [1.807, 2.05) is 13.0 Å². The molecule has 0 amide bonds. The van der Waals surface area contributed by atoms with Crippen LogP contribution in [0.2, 0.25) is 0 Å². The second-order valence-corrected chi connectivity index (χ2v) is 9.01. The summed E-state index contributed by atoms with van der Waals surface area (Å²) in [4.78, 5) is 9.58. The number of rotatable bonds is 4. The van der Waals surface area contributed by atoms with Gasteiger partial charge in [0.2, 0.25) is 0 Å². The number of nitrogens with zero attached hydrogens (tertiary/aromatic N) is 2. The fourth-order valence-electron chi connectivity index (χ4n) is 2.65. The van der Waals surface area contributed by atoms with Crippen molar-refractivity contribution in [1.82, 2.24) is 9.97 Å². The van der Waals surface area contributed by atoms with Crippen LogP contribution < -0.4 is 4.18 Å². The number of hydrogen-bond acceptors (Lipinski definition) is 6. The lowest BCUT2D eigenvalue weighted by Gasteiger charge is -2.12.